The van der Waals surface area contributed by atoms with Gasteiger partial charge in [0.2, 0.25) is 0 Å². The normalized spacial score (nSPS) is 15.9. The molecule has 1 saturated heterocycles. The Morgan fingerprint density at radius 2 is 1.57 bits per heavy atom. The maximum Gasteiger partial charge on any atom is 0.327 e. The first-order chi connectivity index (χ1) is 13.0. The number of esters is 1. The van der Waals surface area contributed by atoms with Crippen molar-refractivity contribution in [3.8, 4) is 11.5 Å². The zero-order chi connectivity index (χ0) is 19.3. The number of nitrogens with one attached hydrogen (secondary N) is 1. The van der Waals surface area contributed by atoms with Crippen molar-refractivity contribution in [2.75, 3.05) is 19.7 Å². The van der Waals surface area contributed by atoms with Crippen molar-refractivity contribution in [2.24, 2.45) is 0 Å². The summed E-state index contributed by atoms with van der Waals surface area (Å²) in [5.74, 6) is 0.515. The van der Waals surface area contributed by atoms with Crippen LogP contribution in [0.15, 0.2) is 59.5 Å². The summed E-state index contributed by atoms with van der Waals surface area (Å²) >= 11 is 0. The van der Waals surface area contributed by atoms with Crippen LogP contribution in [0.5, 0.6) is 11.5 Å². The fourth-order valence-corrected chi connectivity index (χ4v) is 5.18. The van der Waals surface area contributed by atoms with Crippen LogP contribution in [0.1, 0.15) is 19.8 Å². The lowest BCUT2D eigenvalue weighted by molar-refractivity contribution is -0.147. The Morgan fingerprint density at radius 3 is 2.14 bits per heavy atom. The number of halogens is 1. The topological polar surface area (TPSA) is 81.7 Å². The molecule has 0 amide bonds. The quantitative estimate of drug-likeness (QED) is 0.714. The highest BCUT2D eigenvalue weighted by molar-refractivity contribution is 7.93. The number of sulfone groups is 1. The third-order valence-corrected chi connectivity index (χ3v) is 7.18. The van der Waals surface area contributed by atoms with Gasteiger partial charge in [0.1, 0.15) is 11.5 Å². The molecule has 1 heterocycles. The first-order valence-corrected chi connectivity index (χ1v) is 10.4. The molecule has 1 N–H and O–H groups in total. The van der Waals surface area contributed by atoms with Crippen molar-refractivity contribution in [3.05, 3.63) is 54.6 Å². The van der Waals surface area contributed by atoms with Gasteiger partial charge in [0, 0.05) is 0 Å². The lowest BCUT2D eigenvalue weighted by Gasteiger charge is -2.34. The maximum atomic E-state index is 13.3. The molecule has 0 aliphatic carbocycles. The molecule has 2 aromatic rings. The van der Waals surface area contributed by atoms with Crippen molar-refractivity contribution in [3.63, 3.8) is 0 Å². The number of carbonyl (C=O) groups is 1. The van der Waals surface area contributed by atoms with E-state index in [-0.39, 0.29) is 36.8 Å². The summed E-state index contributed by atoms with van der Waals surface area (Å²) < 4.78 is 35.9. The standard InChI is InChI=1S/C20H23NO5S.ClH/c1-2-25-19(22)20(12-14-21-15-13-20)27(23,24)18-10-8-17(9-11-18)26-16-6-4-3-5-7-16;/h3-11,21H,2,12-15H2,1H3;1H. The maximum absolute atomic E-state index is 13.3. The van der Waals surface area contributed by atoms with E-state index in [2.05, 4.69) is 5.32 Å². The number of hydrogen-bond acceptors (Lipinski definition) is 6. The van der Waals surface area contributed by atoms with Gasteiger partial charge in [0.25, 0.3) is 0 Å². The Balaban J connectivity index is 0.00000280. The number of hydrogen-bond donors (Lipinski definition) is 1. The molecule has 8 heteroatoms. The van der Waals surface area contributed by atoms with Gasteiger partial charge in [-0.05, 0) is 69.3 Å². The smallest absolute Gasteiger partial charge is 0.327 e. The highest BCUT2D eigenvalue weighted by Gasteiger charge is 2.53. The van der Waals surface area contributed by atoms with Crippen LogP contribution >= 0.6 is 12.4 Å². The second-order valence-corrected chi connectivity index (χ2v) is 8.61. The summed E-state index contributed by atoms with van der Waals surface area (Å²) in [7, 11) is -3.90. The molecule has 0 saturated carbocycles. The van der Waals surface area contributed by atoms with Gasteiger partial charge in [-0.2, -0.15) is 0 Å². The zero-order valence-corrected chi connectivity index (χ0v) is 17.2. The van der Waals surface area contributed by atoms with Gasteiger partial charge in [-0.25, -0.2) is 8.42 Å². The largest absolute Gasteiger partial charge is 0.465 e. The highest BCUT2D eigenvalue weighted by Crippen LogP contribution is 2.36. The van der Waals surface area contributed by atoms with Gasteiger partial charge in [-0.1, -0.05) is 18.2 Å². The summed E-state index contributed by atoms with van der Waals surface area (Å²) in [5, 5.41) is 3.10. The lowest BCUT2D eigenvalue weighted by atomic mass is 9.97. The molecular weight excluding hydrogens is 402 g/mol. The molecule has 0 atom stereocenters. The average molecular weight is 426 g/mol. The van der Waals surface area contributed by atoms with E-state index in [0.29, 0.717) is 24.6 Å². The first-order valence-electron chi connectivity index (χ1n) is 8.95. The number of para-hydroxylation sites is 1. The second kappa shape index (κ2) is 9.41. The van der Waals surface area contributed by atoms with Crippen LogP contribution in [-0.4, -0.2) is 38.8 Å². The van der Waals surface area contributed by atoms with E-state index in [0.717, 1.165) is 0 Å². The molecule has 0 spiro atoms. The summed E-state index contributed by atoms with van der Waals surface area (Å²) in [5.41, 5.74) is 0. The molecule has 6 nitrogen and oxygen atoms in total. The molecule has 0 radical (unpaired) electrons. The van der Waals surface area contributed by atoms with E-state index < -0.39 is 20.6 Å². The predicted molar refractivity (Wildman–Crippen MR) is 109 cm³/mol. The van der Waals surface area contributed by atoms with Crippen LogP contribution in [0, 0.1) is 0 Å². The molecule has 0 aromatic heterocycles. The lowest BCUT2D eigenvalue weighted by Crippen LogP contribution is -2.54. The van der Waals surface area contributed by atoms with E-state index in [1.807, 2.05) is 30.3 Å². The van der Waals surface area contributed by atoms with Gasteiger partial charge < -0.3 is 14.8 Å². The molecular formula is C20H24ClNO5S. The Hall–Kier alpha value is -2.09. The third kappa shape index (κ3) is 4.32. The van der Waals surface area contributed by atoms with Crippen LogP contribution in [0.4, 0.5) is 0 Å². The van der Waals surface area contributed by atoms with E-state index in [1.54, 1.807) is 19.1 Å². The zero-order valence-electron chi connectivity index (χ0n) is 15.6. The molecule has 1 fully saturated rings. The van der Waals surface area contributed by atoms with E-state index in [1.165, 1.54) is 12.1 Å². The first kappa shape index (κ1) is 22.2. The minimum absolute atomic E-state index is 0. The summed E-state index contributed by atoms with van der Waals surface area (Å²) in [6, 6.07) is 15.4. The van der Waals surface area contributed by atoms with Crippen LogP contribution in [0.3, 0.4) is 0 Å². The van der Waals surface area contributed by atoms with Gasteiger partial charge in [-0.3, -0.25) is 4.79 Å². The molecule has 1 aliphatic rings. The van der Waals surface area contributed by atoms with Crippen LogP contribution in [-0.2, 0) is 19.4 Å². The molecule has 0 unspecified atom stereocenters. The van der Waals surface area contributed by atoms with Crippen LogP contribution < -0.4 is 10.1 Å². The number of rotatable bonds is 6. The fourth-order valence-electron chi connectivity index (χ4n) is 3.21. The van der Waals surface area contributed by atoms with Crippen molar-refractivity contribution in [1.82, 2.24) is 5.32 Å². The number of piperidine rings is 1. The summed E-state index contributed by atoms with van der Waals surface area (Å²) in [6.07, 6.45) is 0.382. The molecule has 3 rings (SSSR count). The number of ether oxygens (including phenoxy) is 2. The Kier molecular flexibility index (Phi) is 7.46. The second-order valence-electron chi connectivity index (χ2n) is 6.35. The molecule has 28 heavy (non-hydrogen) atoms. The van der Waals surface area contributed by atoms with Gasteiger partial charge in [-0.15, -0.1) is 12.4 Å². The SMILES string of the molecule is CCOC(=O)C1(S(=O)(=O)c2ccc(Oc3ccccc3)cc2)CCNCC1.Cl. The van der Waals surface area contributed by atoms with Crippen molar-refractivity contribution >= 4 is 28.2 Å². The fraction of sp³-hybridized carbons (Fsp3) is 0.350. The summed E-state index contributed by atoms with van der Waals surface area (Å²) in [6.45, 7) is 2.73. The Morgan fingerprint density at radius 1 is 1.00 bits per heavy atom. The average Bonchev–Trinajstić information content (AvgIpc) is 2.70. The van der Waals surface area contributed by atoms with Crippen molar-refractivity contribution in [2.45, 2.75) is 29.4 Å². The van der Waals surface area contributed by atoms with Gasteiger partial charge in [0.05, 0.1) is 11.5 Å². The van der Waals surface area contributed by atoms with Gasteiger partial charge >= 0.3 is 5.97 Å². The molecule has 152 valence electrons. The van der Waals surface area contributed by atoms with Gasteiger partial charge in [0.15, 0.2) is 14.6 Å². The number of carbonyl (C=O) groups excluding carboxylic acids is 1. The molecule has 1 aliphatic heterocycles. The highest BCUT2D eigenvalue weighted by atomic mass is 35.5. The van der Waals surface area contributed by atoms with Crippen LogP contribution in [0.25, 0.3) is 0 Å². The Labute approximate surface area is 171 Å². The predicted octanol–water partition coefficient (Wildman–Crippen LogP) is 3.36. The van der Waals surface area contributed by atoms with E-state index in [9.17, 15) is 13.2 Å². The Bertz CT molecular complexity index is 879. The molecule has 0 bridgehead atoms. The summed E-state index contributed by atoms with van der Waals surface area (Å²) in [4.78, 5) is 12.7. The van der Waals surface area contributed by atoms with Crippen molar-refractivity contribution < 1.29 is 22.7 Å². The monoisotopic (exact) mass is 425 g/mol. The van der Waals surface area contributed by atoms with E-state index >= 15 is 0 Å². The number of benzene rings is 2. The molecule has 2 aromatic carbocycles. The van der Waals surface area contributed by atoms with Crippen LogP contribution in [0.2, 0.25) is 0 Å². The van der Waals surface area contributed by atoms with E-state index in [4.69, 9.17) is 9.47 Å². The van der Waals surface area contributed by atoms with Crippen molar-refractivity contribution in [1.29, 1.82) is 0 Å². The third-order valence-electron chi connectivity index (χ3n) is 4.69. The minimum atomic E-state index is -3.90. The minimum Gasteiger partial charge on any atom is -0.465 e.